The largest absolute Gasteiger partial charge is 0.441 e. The zero-order chi connectivity index (χ0) is 25.1. The van der Waals surface area contributed by atoms with Crippen LogP contribution in [0.2, 0.25) is 0 Å². The van der Waals surface area contributed by atoms with Crippen LogP contribution >= 0.6 is 0 Å². The van der Waals surface area contributed by atoms with Gasteiger partial charge in [0.25, 0.3) is 5.91 Å². The molecular weight excluding hydrogens is 452 g/mol. The molecule has 1 unspecified atom stereocenters. The zero-order valence-corrected chi connectivity index (χ0v) is 20.1. The first-order valence-electron chi connectivity index (χ1n) is 12.0. The van der Waals surface area contributed by atoms with Gasteiger partial charge >= 0.3 is 0 Å². The normalized spacial score (nSPS) is 13.8. The Labute approximate surface area is 210 Å². The fourth-order valence-corrected chi connectivity index (χ4v) is 4.60. The van der Waals surface area contributed by atoms with E-state index in [-0.39, 0.29) is 11.8 Å². The Hall–Kier alpha value is -4.23. The number of hydrogen-bond acceptors (Lipinski definition) is 5. The summed E-state index contributed by atoms with van der Waals surface area (Å²) in [6, 6.07) is 22.2. The number of rotatable bonds is 7. The van der Waals surface area contributed by atoms with Gasteiger partial charge in [0.05, 0.1) is 6.20 Å². The van der Waals surface area contributed by atoms with Crippen molar-refractivity contribution < 1.29 is 14.0 Å². The maximum absolute atomic E-state index is 13.6. The number of anilines is 1. The maximum atomic E-state index is 13.6. The van der Waals surface area contributed by atoms with E-state index in [1.54, 1.807) is 18.0 Å². The van der Waals surface area contributed by atoms with Crippen LogP contribution in [-0.2, 0) is 24.2 Å². The zero-order valence-electron chi connectivity index (χ0n) is 20.1. The van der Waals surface area contributed by atoms with Crippen LogP contribution in [-0.4, -0.2) is 34.3 Å². The predicted octanol–water partition coefficient (Wildman–Crippen LogP) is 4.36. The van der Waals surface area contributed by atoms with Gasteiger partial charge in [-0.05, 0) is 53.4 Å². The van der Waals surface area contributed by atoms with Crippen molar-refractivity contribution in [2.75, 3.05) is 11.9 Å². The summed E-state index contributed by atoms with van der Waals surface area (Å²) in [5.41, 5.74) is 10.9. The van der Waals surface area contributed by atoms with E-state index in [4.69, 9.17) is 10.2 Å². The number of carbonyl (C=O) groups excluding carboxylic acids is 2. The van der Waals surface area contributed by atoms with Crippen molar-refractivity contribution in [2.24, 2.45) is 5.73 Å². The van der Waals surface area contributed by atoms with E-state index in [0.29, 0.717) is 48.8 Å². The highest BCUT2D eigenvalue weighted by molar-refractivity contribution is 6.02. The monoisotopic (exact) mass is 480 g/mol. The minimum absolute atomic E-state index is 0.132. The third-order valence-electron chi connectivity index (χ3n) is 6.53. The number of nitrogens with zero attached hydrogens (tertiary/aromatic N) is 2. The summed E-state index contributed by atoms with van der Waals surface area (Å²) in [5, 5.41) is 3.01. The quantitative estimate of drug-likeness (QED) is 0.409. The van der Waals surface area contributed by atoms with E-state index in [1.807, 2.05) is 72.8 Å². The Bertz CT molecular complexity index is 1380. The third-order valence-corrected chi connectivity index (χ3v) is 6.53. The Morgan fingerprint density at radius 2 is 1.86 bits per heavy atom. The lowest BCUT2D eigenvalue weighted by Crippen LogP contribution is -2.51. The molecule has 3 aromatic carbocycles. The molecule has 0 saturated heterocycles. The van der Waals surface area contributed by atoms with E-state index in [0.717, 1.165) is 22.3 Å². The van der Waals surface area contributed by atoms with Crippen LogP contribution in [0.15, 0.2) is 83.4 Å². The first-order valence-corrected chi connectivity index (χ1v) is 12.0. The highest BCUT2D eigenvalue weighted by Crippen LogP contribution is 2.25. The lowest BCUT2D eigenvalue weighted by Gasteiger charge is -2.35. The topological polar surface area (TPSA) is 101 Å². The third kappa shape index (κ3) is 4.92. The van der Waals surface area contributed by atoms with E-state index < -0.39 is 6.04 Å². The van der Waals surface area contributed by atoms with Gasteiger partial charge in [0.15, 0.2) is 11.7 Å². The van der Waals surface area contributed by atoms with E-state index in [2.05, 4.69) is 10.3 Å². The van der Waals surface area contributed by atoms with Crippen molar-refractivity contribution in [2.45, 2.75) is 32.4 Å². The van der Waals surface area contributed by atoms with Crippen molar-refractivity contribution in [1.82, 2.24) is 9.88 Å². The second-order valence-electron chi connectivity index (χ2n) is 8.96. The molecule has 5 rings (SSSR count). The minimum atomic E-state index is -0.654. The number of nitrogens with two attached hydrogens (primary N) is 1. The number of aromatic nitrogens is 1. The van der Waals surface area contributed by atoms with Crippen LogP contribution in [0.3, 0.4) is 0 Å². The highest BCUT2D eigenvalue weighted by atomic mass is 16.4. The van der Waals surface area contributed by atoms with Gasteiger partial charge < -0.3 is 20.4 Å². The van der Waals surface area contributed by atoms with Crippen molar-refractivity contribution >= 4 is 17.5 Å². The maximum Gasteiger partial charge on any atom is 0.254 e. The van der Waals surface area contributed by atoms with Gasteiger partial charge in [0.2, 0.25) is 5.91 Å². The summed E-state index contributed by atoms with van der Waals surface area (Å²) in [4.78, 5) is 32.9. The summed E-state index contributed by atoms with van der Waals surface area (Å²) in [6.45, 7) is 2.69. The second-order valence-corrected chi connectivity index (χ2v) is 8.96. The second kappa shape index (κ2) is 10.2. The molecule has 4 aromatic rings. The molecule has 0 fully saturated rings. The molecule has 0 spiro atoms. The van der Waals surface area contributed by atoms with Gasteiger partial charge in [-0.2, -0.15) is 0 Å². The molecule has 2 amide bonds. The molecule has 1 atom stereocenters. The molecule has 3 N–H and O–H groups in total. The van der Waals surface area contributed by atoms with Crippen LogP contribution in [0.25, 0.3) is 11.3 Å². The van der Waals surface area contributed by atoms with Crippen LogP contribution < -0.4 is 11.1 Å². The smallest absolute Gasteiger partial charge is 0.254 e. The molecule has 0 aliphatic carbocycles. The van der Waals surface area contributed by atoms with Crippen LogP contribution in [0.5, 0.6) is 0 Å². The molecule has 1 aliphatic rings. The van der Waals surface area contributed by atoms with Crippen LogP contribution in [0, 0.1) is 6.92 Å². The fourth-order valence-electron chi connectivity index (χ4n) is 4.60. The summed E-state index contributed by atoms with van der Waals surface area (Å²) < 4.78 is 5.58. The van der Waals surface area contributed by atoms with E-state index >= 15 is 0 Å². The Morgan fingerprint density at radius 3 is 2.56 bits per heavy atom. The first-order chi connectivity index (χ1) is 17.5. The van der Waals surface area contributed by atoms with Crippen LogP contribution in [0.1, 0.15) is 32.9 Å². The number of hydrogen-bond donors (Lipinski definition) is 2. The van der Waals surface area contributed by atoms with Crippen molar-refractivity contribution in [3.8, 4) is 11.3 Å². The molecule has 2 heterocycles. The molecule has 7 nitrogen and oxygen atoms in total. The van der Waals surface area contributed by atoms with Gasteiger partial charge in [0.1, 0.15) is 6.04 Å². The SMILES string of the molecule is Cc1ncc(-c2ccc(NC(=O)C(Cc3ccccc3)N3CCc4cc(CN)ccc4C3=O)cc2)o1. The number of fused-ring (bicyclic) bond motifs is 1. The molecule has 0 bridgehead atoms. The fraction of sp³-hybridized carbons (Fsp3) is 0.207. The summed E-state index contributed by atoms with van der Waals surface area (Å²) in [5.74, 6) is 0.908. The molecular formula is C29H28N4O3. The number of benzene rings is 3. The number of nitrogens with one attached hydrogen (secondary N) is 1. The van der Waals surface area contributed by atoms with Gasteiger partial charge in [-0.3, -0.25) is 9.59 Å². The number of oxazole rings is 1. The van der Waals surface area contributed by atoms with Crippen molar-refractivity contribution in [1.29, 1.82) is 0 Å². The summed E-state index contributed by atoms with van der Waals surface area (Å²) >= 11 is 0. The summed E-state index contributed by atoms with van der Waals surface area (Å²) in [6.07, 6.45) is 2.78. The average Bonchev–Trinajstić information content (AvgIpc) is 3.34. The highest BCUT2D eigenvalue weighted by Gasteiger charge is 2.34. The average molecular weight is 481 g/mol. The lowest BCUT2D eigenvalue weighted by molar-refractivity contribution is -0.120. The van der Waals surface area contributed by atoms with Crippen LogP contribution in [0.4, 0.5) is 5.69 Å². The Kier molecular flexibility index (Phi) is 6.64. The molecule has 7 heteroatoms. The number of amides is 2. The van der Waals surface area contributed by atoms with Gasteiger partial charge in [-0.25, -0.2) is 4.98 Å². The van der Waals surface area contributed by atoms with Gasteiger partial charge in [-0.15, -0.1) is 0 Å². The number of carbonyl (C=O) groups is 2. The molecule has 0 saturated carbocycles. The van der Waals surface area contributed by atoms with Crippen molar-refractivity contribution in [3.05, 3.63) is 107 Å². The molecule has 182 valence electrons. The van der Waals surface area contributed by atoms with E-state index in [9.17, 15) is 9.59 Å². The van der Waals surface area contributed by atoms with Gasteiger partial charge in [0, 0.05) is 43.2 Å². The Balaban J connectivity index is 1.39. The molecule has 36 heavy (non-hydrogen) atoms. The Morgan fingerprint density at radius 1 is 1.08 bits per heavy atom. The standard InChI is InChI=1S/C29H28N4O3/c1-19-31-18-27(36-19)22-8-10-24(11-9-22)32-28(34)26(16-20-5-3-2-4-6-20)33-14-13-23-15-21(17-30)7-12-25(23)29(33)35/h2-12,15,18,26H,13-14,16-17,30H2,1H3,(H,32,34). The number of aryl methyl sites for hydroxylation is 1. The van der Waals surface area contributed by atoms with Crippen molar-refractivity contribution in [3.63, 3.8) is 0 Å². The molecule has 1 aliphatic heterocycles. The predicted molar refractivity (Wildman–Crippen MR) is 138 cm³/mol. The molecule has 0 radical (unpaired) electrons. The minimum Gasteiger partial charge on any atom is -0.441 e. The van der Waals surface area contributed by atoms with E-state index in [1.165, 1.54) is 0 Å². The first kappa shape index (κ1) is 23.5. The van der Waals surface area contributed by atoms with Gasteiger partial charge in [-0.1, -0.05) is 42.5 Å². The summed E-state index contributed by atoms with van der Waals surface area (Å²) in [7, 11) is 0. The molecule has 1 aromatic heterocycles. The lowest BCUT2D eigenvalue weighted by atomic mass is 9.94.